The average molecular weight is 365 g/mol. The van der Waals surface area contributed by atoms with E-state index in [9.17, 15) is 19.7 Å². The van der Waals surface area contributed by atoms with Gasteiger partial charge in [-0.1, -0.05) is 37.3 Å². The predicted molar refractivity (Wildman–Crippen MR) is 96.2 cm³/mol. The molecule has 0 amide bonds. The lowest BCUT2D eigenvalue weighted by Crippen LogP contribution is -2.42. The molecule has 26 heavy (non-hydrogen) atoms. The molecular weight excluding hydrogens is 338 g/mol. The summed E-state index contributed by atoms with van der Waals surface area (Å²) in [6.07, 6.45) is -0.750. The summed E-state index contributed by atoms with van der Waals surface area (Å²) in [5.41, 5.74) is 0.530. The normalized spacial score (nSPS) is 13.5. The summed E-state index contributed by atoms with van der Waals surface area (Å²) in [5.74, 6) is -3.99. The SMILES string of the molecule is CC[C@H]([C@@H](c1ccccc1)C(C(=O)OC(C)C)C(=O)OC(C)C)[N+](=O)[O-]. The highest BCUT2D eigenvalue weighted by atomic mass is 16.6. The summed E-state index contributed by atoms with van der Waals surface area (Å²) in [7, 11) is 0. The van der Waals surface area contributed by atoms with Gasteiger partial charge in [-0.2, -0.15) is 0 Å². The van der Waals surface area contributed by atoms with Crippen LogP contribution in [0.2, 0.25) is 0 Å². The Hall–Kier alpha value is -2.44. The number of hydrogen-bond donors (Lipinski definition) is 0. The van der Waals surface area contributed by atoms with Gasteiger partial charge in [-0.25, -0.2) is 0 Å². The monoisotopic (exact) mass is 365 g/mol. The molecule has 0 saturated heterocycles. The molecule has 0 N–H and O–H groups in total. The summed E-state index contributed by atoms with van der Waals surface area (Å²) in [6, 6.07) is 7.43. The molecule has 7 heteroatoms. The first kappa shape index (κ1) is 21.6. The van der Waals surface area contributed by atoms with Gasteiger partial charge in [0.1, 0.15) is 0 Å². The van der Waals surface area contributed by atoms with Crippen LogP contribution in [-0.4, -0.2) is 35.1 Å². The van der Waals surface area contributed by atoms with Crippen LogP contribution in [-0.2, 0) is 19.1 Å². The van der Waals surface area contributed by atoms with Crippen molar-refractivity contribution in [2.24, 2.45) is 5.92 Å². The summed E-state index contributed by atoms with van der Waals surface area (Å²) in [5, 5.41) is 11.6. The van der Waals surface area contributed by atoms with E-state index in [2.05, 4.69) is 0 Å². The van der Waals surface area contributed by atoms with Gasteiger partial charge < -0.3 is 9.47 Å². The van der Waals surface area contributed by atoms with Crippen molar-refractivity contribution < 1.29 is 24.0 Å². The van der Waals surface area contributed by atoms with Gasteiger partial charge >= 0.3 is 11.9 Å². The van der Waals surface area contributed by atoms with Crippen LogP contribution in [0.5, 0.6) is 0 Å². The minimum atomic E-state index is -1.41. The lowest BCUT2D eigenvalue weighted by atomic mass is 9.79. The van der Waals surface area contributed by atoms with E-state index >= 15 is 0 Å². The molecule has 0 saturated carbocycles. The second-order valence-corrected chi connectivity index (χ2v) is 6.65. The predicted octanol–water partition coefficient (Wildman–Crippen LogP) is 3.34. The molecule has 1 aromatic rings. The summed E-state index contributed by atoms with van der Waals surface area (Å²) in [6.45, 7) is 8.29. The van der Waals surface area contributed by atoms with E-state index < -0.39 is 46.9 Å². The Labute approximate surface area is 153 Å². The molecule has 0 heterocycles. The molecule has 0 radical (unpaired) electrons. The third kappa shape index (κ3) is 5.82. The van der Waals surface area contributed by atoms with Crippen LogP contribution in [0.1, 0.15) is 52.5 Å². The molecule has 0 spiro atoms. The van der Waals surface area contributed by atoms with Crippen LogP contribution in [0.3, 0.4) is 0 Å². The average Bonchev–Trinajstić information content (AvgIpc) is 2.53. The maximum atomic E-state index is 12.7. The molecule has 0 aliphatic carbocycles. The minimum Gasteiger partial charge on any atom is -0.462 e. The highest BCUT2D eigenvalue weighted by Gasteiger charge is 2.47. The molecule has 1 aromatic carbocycles. The first-order valence-electron chi connectivity index (χ1n) is 8.78. The number of esters is 2. The van der Waals surface area contributed by atoms with Gasteiger partial charge in [-0.05, 0) is 33.3 Å². The number of benzene rings is 1. The van der Waals surface area contributed by atoms with Crippen molar-refractivity contribution in [1.82, 2.24) is 0 Å². The minimum absolute atomic E-state index is 0.160. The van der Waals surface area contributed by atoms with Gasteiger partial charge in [-0.15, -0.1) is 0 Å². The van der Waals surface area contributed by atoms with Gasteiger partial charge in [0.2, 0.25) is 6.04 Å². The van der Waals surface area contributed by atoms with Gasteiger partial charge in [0, 0.05) is 11.3 Å². The van der Waals surface area contributed by atoms with E-state index in [0.29, 0.717) is 5.56 Å². The molecule has 0 unspecified atom stereocenters. The molecule has 7 nitrogen and oxygen atoms in total. The highest BCUT2D eigenvalue weighted by Crippen LogP contribution is 2.34. The van der Waals surface area contributed by atoms with Crippen LogP contribution in [0.25, 0.3) is 0 Å². The standard InChI is InChI=1S/C19H27NO6/c1-6-15(20(23)24)16(14-10-8-7-9-11-14)17(18(21)25-12(2)3)19(22)26-13(4)5/h7-13,15-17H,6H2,1-5H3/t15-,16-/m1/s1. The maximum absolute atomic E-state index is 12.7. The molecular formula is C19H27NO6. The van der Waals surface area contributed by atoms with Crippen molar-refractivity contribution in [1.29, 1.82) is 0 Å². The van der Waals surface area contributed by atoms with E-state index in [-0.39, 0.29) is 6.42 Å². The van der Waals surface area contributed by atoms with Crippen LogP contribution in [0.15, 0.2) is 30.3 Å². The zero-order chi connectivity index (χ0) is 19.9. The van der Waals surface area contributed by atoms with E-state index in [1.165, 1.54) is 0 Å². The Kier molecular flexibility index (Phi) is 8.22. The number of ether oxygens (including phenoxy) is 2. The molecule has 1 rings (SSSR count). The van der Waals surface area contributed by atoms with Crippen LogP contribution in [0, 0.1) is 16.0 Å². The van der Waals surface area contributed by atoms with Gasteiger partial charge in [-0.3, -0.25) is 19.7 Å². The lowest BCUT2D eigenvalue weighted by Gasteiger charge is -2.27. The maximum Gasteiger partial charge on any atom is 0.321 e. The number of rotatable bonds is 9. The topological polar surface area (TPSA) is 95.7 Å². The van der Waals surface area contributed by atoms with Crippen LogP contribution < -0.4 is 0 Å². The second kappa shape index (κ2) is 9.89. The number of carbonyl (C=O) groups is 2. The van der Waals surface area contributed by atoms with Crippen molar-refractivity contribution in [2.45, 2.75) is 65.2 Å². The summed E-state index contributed by atoms with van der Waals surface area (Å²) < 4.78 is 10.5. The van der Waals surface area contributed by atoms with Gasteiger partial charge in [0.25, 0.3) is 0 Å². The van der Waals surface area contributed by atoms with Gasteiger partial charge in [0.05, 0.1) is 18.1 Å². The Morgan fingerprint density at radius 1 is 1.00 bits per heavy atom. The largest absolute Gasteiger partial charge is 0.462 e. The van der Waals surface area contributed by atoms with Crippen molar-refractivity contribution >= 4 is 11.9 Å². The van der Waals surface area contributed by atoms with E-state index in [1.54, 1.807) is 65.0 Å². The molecule has 0 bridgehead atoms. The van der Waals surface area contributed by atoms with E-state index in [0.717, 1.165) is 0 Å². The van der Waals surface area contributed by atoms with E-state index in [1.807, 2.05) is 0 Å². The molecule has 144 valence electrons. The fraction of sp³-hybridized carbons (Fsp3) is 0.579. The zero-order valence-corrected chi connectivity index (χ0v) is 15.9. The Morgan fingerprint density at radius 3 is 1.81 bits per heavy atom. The second-order valence-electron chi connectivity index (χ2n) is 6.65. The van der Waals surface area contributed by atoms with Crippen molar-refractivity contribution in [2.75, 3.05) is 0 Å². The highest BCUT2D eigenvalue weighted by molar-refractivity contribution is 5.96. The summed E-state index contributed by atoms with van der Waals surface area (Å²) >= 11 is 0. The summed E-state index contributed by atoms with van der Waals surface area (Å²) in [4.78, 5) is 36.6. The number of nitro groups is 1. The molecule has 0 fully saturated rings. The van der Waals surface area contributed by atoms with Crippen molar-refractivity contribution in [3.63, 3.8) is 0 Å². The molecule has 0 aromatic heterocycles. The number of hydrogen-bond acceptors (Lipinski definition) is 6. The Morgan fingerprint density at radius 2 is 1.46 bits per heavy atom. The third-order valence-electron chi connectivity index (χ3n) is 3.86. The van der Waals surface area contributed by atoms with E-state index in [4.69, 9.17) is 9.47 Å². The van der Waals surface area contributed by atoms with Gasteiger partial charge in [0.15, 0.2) is 5.92 Å². The van der Waals surface area contributed by atoms with Crippen LogP contribution in [0.4, 0.5) is 0 Å². The lowest BCUT2D eigenvalue weighted by molar-refractivity contribution is -0.528. The van der Waals surface area contributed by atoms with Crippen LogP contribution >= 0.6 is 0 Å². The first-order chi connectivity index (χ1) is 12.2. The zero-order valence-electron chi connectivity index (χ0n) is 15.9. The fourth-order valence-corrected chi connectivity index (χ4v) is 2.85. The van der Waals surface area contributed by atoms with Crippen molar-refractivity contribution in [3.8, 4) is 0 Å². The Balaban J connectivity index is 3.45. The molecule has 0 aliphatic rings. The molecule has 0 aliphatic heterocycles. The smallest absolute Gasteiger partial charge is 0.321 e. The number of carbonyl (C=O) groups excluding carboxylic acids is 2. The molecule has 2 atom stereocenters. The fourth-order valence-electron chi connectivity index (χ4n) is 2.85. The first-order valence-corrected chi connectivity index (χ1v) is 8.78. The third-order valence-corrected chi connectivity index (χ3v) is 3.86. The van der Waals surface area contributed by atoms with Crippen molar-refractivity contribution in [3.05, 3.63) is 46.0 Å². The number of nitrogens with zero attached hydrogens (tertiary/aromatic N) is 1. The Bertz CT molecular complexity index is 592. The quantitative estimate of drug-likeness (QED) is 0.288.